The summed E-state index contributed by atoms with van der Waals surface area (Å²) in [5, 5.41) is 2.53. The van der Waals surface area contributed by atoms with Crippen molar-refractivity contribution in [1.29, 1.82) is 0 Å². The largest absolute Gasteiger partial charge is 0.466 e. The van der Waals surface area contributed by atoms with Gasteiger partial charge >= 0.3 is 5.97 Å². The van der Waals surface area contributed by atoms with E-state index in [2.05, 4.69) is 88.0 Å². The first kappa shape index (κ1) is 24.8. The lowest BCUT2D eigenvalue weighted by Crippen LogP contribution is -2.66. The van der Waals surface area contributed by atoms with E-state index in [4.69, 9.17) is 9.16 Å². The van der Waals surface area contributed by atoms with Crippen LogP contribution in [0.1, 0.15) is 47.0 Å². The summed E-state index contributed by atoms with van der Waals surface area (Å²) in [6.07, 6.45) is 5.79. The molecule has 0 spiro atoms. The number of benzene rings is 2. The predicted octanol–water partition coefficient (Wildman–Crippen LogP) is 5.41. The van der Waals surface area contributed by atoms with E-state index in [1.54, 1.807) is 0 Å². The van der Waals surface area contributed by atoms with Crippen molar-refractivity contribution in [2.24, 2.45) is 0 Å². The maximum Gasteiger partial charge on any atom is 0.306 e. The third-order valence-corrected chi connectivity index (χ3v) is 10.4. The van der Waals surface area contributed by atoms with Gasteiger partial charge in [0.2, 0.25) is 0 Å². The van der Waals surface area contributed by atoms with Crippen LogP contribution in [0, 0.1) is 0 Å². The fraction of sp³-hybridized carbons (Fsp3) is 0.370. The Morgan fingerprint density at radius 2 is 1.52 bits per heavy atom. The minimum absolute atomic E-state index is 0.0352. The van der Waals surface area contributed by atoms with Crippen molar-refractivity contribution >= 4 is 24.7 Å². The molecule has 3 nitrogen and oxygen atoms in total. The standard InChI is InChI=1S/C27H36O3Si/c1-6-29-26(28)20-14-13-15-23(2)21-22-30-31(27(3,4)5,24-16-9-7-10-17-24)25-18-11-8-12-19-25/h7-13,15-19H,2,6,14,20-22H2,1,3-5H3/b15-13+. The molecule has 0 aliphatic heterocycles. The van der Waals surface area contributed by atoms with Crippen molar-refractivity contribution in [2.75, 3.05) is 13.2 Å². The van der Waals surface area contributed by atoms with Crippen molar-refractivity contribution in [3.8, 4) is 0 Å². The molecule has 2 rings (SSSR count). The molecule has 0 saturated carbocycles. The number of carbonyl (C=O) groups is 1. The van der Waals surface area contributed by atoms with Gasteiger partial charge in [0.25, 0.3) is 8.32 Å². The highest BCUT2D eigenvalue weighted by atomic mass is 28.4. The van der Waals surface area contributed by atoms with Crippen LogP contribution in [0.15, 0.2) is 85.0 Å². The molecule has 0 atom stereocenters. The van der Waals surface area contributed by atoms with Gasteiger partial charge in [-0.3, -0.25) is 4.79 Å². The Morgan fingerprint density at radius 3 is 2.00 bits per heavy atom. The van der Waals surface area contributed by atoms with Crippen LogP contribution in [0.25, 0.3) is 0 Å². The zero-order valence-corrected chi connectivity index (χ0v) is 20.4. The van der Waals surface area contributed by atoms with E-state index in [1.807, 2.05) is 19.1 Å². The Morgan fingerprint density at radius 1 is 0.968 bits per heavy atom. The second-order valence-electron chi connectivity index (χ2n) is 8.67. The van der Waals surface area contributed by atoms with Crippen LogP contribution in [0.4, 0.5) is 0 Å². The summed E-state index contributed by atoms with van der Waals surface area (Å²) in [6.45, 7) is 13.9. The van der Waals surface area contributed by atoms with E-state index in [-0.39, 0.29) is 11.0 Å². The molecular weight excluding hydrogens is 400 g/mol. The summed E-state index contributed by atoms with van der Waals surface area (Å²) in [5.41, 5.74) is 1.00. The summed E-state index contributed by atoms with van der Waals surface area (Å²) in [6, 6.07) is 21.3. The van der Waals surface area contributed by atoms with Crippen LogP contribution in [0.2, 0.25) is 5.04 Å². The molecule has 4 heteroatoms. The quantitative estimate of drug-likeness (QED) is 0.268. The first-order valence-electron chi connectivity index (χ1n) is 11.1. The number of hydrogen-bond acceptors (Lipinski definition) is 3. The van der Waals surface area contributed by atoms with Gasteiger partial charge in [-0.1, -0.05) is 106 Å². The average Bonchev–Trinajstić information content (AvgIpc) is 2.75. The van der Waals surface area contributed by atoms with E-state index in [0.717, 1.165) is 12.0 Å². The minimum Gasteiger partial charge on any atom is -0.466 e. The van der Waals surface area contributed by atoms with Gasteiger partial charge < -0.3 is 9.16 Å². The van der Waals surface area contributed by atoms with Crippen molar-refractivity contribution < 1.29 is 14.0 Å². The Bertz CT molecular complexity index is 812. The second-order valence-corrected chi connectivity index (χ2v) is 13.0. The van der Waals surface area contributed by atoms with Gasteiger partial charge in [-0.05, 0) is 35.2 Å². The van der Waals surface area contributed by atoms with Crippen LogP contribution >= 0.6 is 0 Å². The molecule has 166 valence electrons. The third-order valence-electron chi connectivity index (χ3n) is 5.33. The number of hydrogen-bond donors (Lipinski definition) is 0. The molecule has 31 heavy (non-hydrogen) atoms. The molecule has 0 aromatic heterocycles. The van der Waals surface area contributed by atoms with Gasteiger partial charge in [-0.2, -0.15) is 0 Å². The van der Waals surface area contributed by atoms with Crippen LogP contribution in [-0.2, 0) is 14.0 Å². The van der Waals surface area contributed by atoms with E-state index in [0.29, 0.717) is 26.1 Å². The lowest BCUT2D eigenvalue weighted by atomic mass is 10.2. The number of carbonyl (C=O) groups excluding carboxylic acids is 1. The Kier molecular flexibility index (Phi) is 9.47. The number of allylic oxidation sites excluding steroid dienone is 2. The maximum absolute atomic E-state index is 11.4. The van der Waals surface area contributed by atoms with Gasteiger partial charge in [0.15, 0.2) is 0 Å². The zero-order valence-electron chi connectivity index (χ0n) is 19.4. The van der Waals surface area contributed by atoms with Crippen molar-refractivity contribution in [3.63, 3.8) is 0 Å². The highest BCUT2D eigenvalue weighted by Gasteiger charge is 2.49. The fourth-order valence-electron chi connectivity index (χ4n) is 3.86. The first-order chi connectivity index (χ1) is 14.8. The van der Waals surface area contributed by atoms with E-state index >= 15 is 0 Å². The van der Waals surface area contributed by atoms with Gasteiger partial charge in [0, 0.05) is 13.0 Å². The molecule has 0 saturated heterocycles. The first-order valence-corrected chi connectivity index (χ1v) is 13.0. The normalized spacial score (nSPS) is 12.1. The molecule has 0 fully saturated rings. The highest BCUT2D eigenvalue weighted by molar-refractivity contribution is 6.99. The summed E-state index contributed by atoms with van der Waals surface area (Å²) >= 11 is 0. The van der Waals surface area contributed by atoms with E-state index in [9.17, 15) is 4.79 Å². The van der Waals surface area contributed by atoms with Gasteiger partial charge in [-0.25, -0.2) is 0 Å². The van der Waals surface area contributed by atoms with E-state index in [1.165, 1.54) is 10.4 Å². The zero-order chi connectivity index (χ0) is 22.7. The monoisotopic (exact) mass is 436 g/mol. The second kappa shape index (κ2) is 11.8. The van der Waals surface area contributed by atoms with Gasteiger partial charge in [-0.15, -0.1) is 0 Å². The Balaban J connectivity index is 2.13. The lowest BCUT2D eigenvalue weighted by molar-refractivity contribution is -0.143. The average molecular weight is 437 g/mol. The van der Waals surface area contributed by atoms with Crippen molar-refractivity contribution in [1.82, 2.24) is 0 Å². The fourth-order valence-corrected chi connectivity index (χ4v) is 8.43. The molecular formula is C27H36O3Si. The Hall–Kier alpha value is -2.43. The molecule has 0 bridgehead atoms. The molecule has 0 N–H and O–H groups in total. The van der Waals surface area contributed by atoms with Crippen molar-refractivity contribution in [3.05, 3.63) is 85.0 Å². The summed E-state index contributed by atoms with van der Waals surface area (Å²) in [4.78, 5) is 11.4. The third kappa shape index (κ3) is 6.78. The van der Waals surface area contributed by atoms with Crippen LogP contribution in [-0.4, -0.2) is 27.5 Å². The van der Waals surface area contributed by atoms with Crippen LogP contribution in [0.3, 0.4) is 0 Å². The van der Waals surface area contributed by atoms with Crippen molar-refractivity contribution in [2.45, 2.75) is 52.0 Å². The molecule has 0 aliphatic carbocycles. The molecule has 2 aromatic rings. The van der Waals surface area contributed by atoms with Gasteiger partial charge in [0.1, 0.15) is 0 Å². The molecule has 0 unspecified atom stereocenters. The molecule has 0 radical (unpaired) electrons. The smallest absolute Gasteiger partial charge is 0.306 e. The summed E-state index contributed by atoms with van der Waals surface area (Å²) in [5.74, 6) is -0.159. The number of esters is 1. The molecule has 2 aromatic carbocycles. The highest BCUT2D eigenvalue weighted by Crippen LogP contribution is 2.36. The van der Waals surface area contributed by atoms with Gasteiger partial charge in [0.05, 0.1) is 6.61 Å². The van der Waals surface area contributed by atoms with Crippen LogP contribution in [0.5, 0.6) is 0 Å². The molecule has 0 heterocycles. The lowest BCUT2D eigenvalue weighted by Gasteiger charge is -2.43. The number of rotatable bonds is 11. The van der Waals surface area contributed by atoms with Crippen LogP contribution < -0.4 is 10.4 Å². The predicted molar refractivity (Wildman–Crippen MR) is 132 cm³/mol. The SMILES string of the molecule is C=C(/C=C/CCC(=O)OCC)CCO[Si](c1ccccc1)(c1ccccc1)C(C)(C)C. The topological polar surface area (TPSA) is 35.5 Å². The minimum atomic E-state index is -2.50. The summed E-state index contributed by atoms with van der Waals surface area (Å²) < 4.78 is 11.8. The molecule has 0 amide bonds. The van der Waals surface area contributed by atoms with E-state index < -0.39 is 8.32 Å². The Labute approximate surface area is 188 Å². The number of ether oxygens (including phenoxy) is 1. The maximum atomic E-state index is 11.4. The molecule has 0 aliphatic rings. The summed E-state index contributed by atoms with van der Waals surface area (Å²) in [7, 11) is -2.50.